The van der Waals surface area contributed by atoms with Crippen LogP contribution in [0.25, 0.3) is 11.1 Å². The van der Waals surface area contributed by atoms with Gasteiger partial charge in [0, 0.05) is 18.7 Å². The number of aryl methyl sites for hydroxylation is 1. The SMILES string of the molecule is Cc1cc(-c2cc(F)cc(C(=O)N3CCOCC3)c2)ccc1OC1O[C@H](CO)[C@@H](O)[C@H](O)[C@@H]1CO. The summed E-state index contributed by atoms with van der Waals surface area (Å²) in [6, 6.07) is 9.32. The van der Waals surface area contributed by atoms with Gasteiger partial charge >= 0.3 is 0 Å². The van der Waals surface area contributed by atoms with E-state index in [1.54, 1.807) is 36.1 Å². The van der Waals surface area contributed by atoms with Crippen LogP contribution < -0.4 is 4.74 Å². The van der Waals surface area contributed by atoms with E-state index in [1.807, 2.05) is 0 Å². The van der Waals surface area contributed by atoms with Crippen molar-refractivity contribution in [1.82, 2.24) is 4.90 Å². The van der Waals surface area contributed by atoms with Gasteiger partial charge in [0.15, 0.2) is 0 Å². The van der Waals surface area contributed by atoms with Crippen molar-refractivity contribution < 1.29 is 43.8 Å². The van der Waals surface area contributed by atoms with Crippen LogP contribution in [0.3, 0.4) is 0 Å². The molecule has 4 N–H and O–H groups in total. The minimum Gasteiger partial charge on any atom is -0.464 e. The summed E-state index contributed by atoms with van der Waals surface area (Å²) < 4.78 is 31.2. The number of aliphatic hydroxyl groups is 4. The van der Waals surface area contributed by atoms with Gasteiger partial charge in [-0.05, 0) is 53.9 Å². The molecule has 9 nitrogen and oxygen atoms in total. The fourth-order valence-electron chi connectivity index (χ4n) is 4.36. The van der Waals surface area contributed by atoms with Gasteiger partial charge in [0.2, 0.25) is 6.29 Å². The maximum absolute atomic E-state index is 14.4. The predicted octanol–water partition coefficient (Wildman–Crippen LogP) is 0.700. The van der Waals surface area contributed by atoms with Crippen LogP contribution in [-0.2, 0) is 9.47 Å². The van der Waals surface area contributed by atoms with E-state index in [0.29, 0.717) is 48.7 Å². The Morgan fingerprint density at radius 2 is 1.80 bits per heavy atom. The lowest BCUT2D eigenvalue weighted by molar-refractivity contribution is -0.265. The number of rotatable bonds is 6. The maximum atomic E-state index is 14.4. The van der Waals surface area contributed by atoms with Crippen molar-refractivity contribution in [1.29, 1.82) is 0 Å². The summed E-state index contributed by atoms with van der Waals surface area (Å²) in [5.41, 5.74) is 2.10. The third kappa shape index (κ3) is 5.48. The van der Waals surface area contributed by atoms with Crippen molar-refractivity contribution in [3.8, 4) is 16.9 Å². The number of ether oxygens (including phenoxy) is 3. The molecule has 0 aliphatic carbocycles. The number of aliphatic hydroxyl groups excluding tert-OH is 4. The number of amides is 1. The number of hydrogen-bond acceptors (Lipinski definition) is 8. The fraction of sp³-hybridized carbons (Fsp3) is 0.480. The molecule has 35 heavy (non-hydrogen) atoms. The summed E-state index contributed by atoms with van der Waals surface area (Å²) in [6.45, 7) is 2.55. The fourth-order valence-corrected chi connectivity index (χ4v) is 4.36. The van der Waals surface area contributed by atoms with Gasteiger partial charge in [-0.1, -0.05) is 6.07 Å². The molecule has 0 aromatic heterocycles. The lowest BCUT2D eigenvalue weighted by Gasteiger charge is -2.41. The van der Waals surface area contributed by atoms with Crippen LogP contribution in [0.15, 0.2) is 36.4 Å². The number of carbonyl (C=O) groups is 1. The normalized spacial score (nSPS) is 27.0. The molecule has 2 fully saturated rings. The molecule has 10 heteroatoms. The highest BCUT2D eigenvalue weighted by Crippen LogP contribution is 2.32. The summed E-state index contributed by atoms with van der Waals surface area (Å²) in [5.74, 6) is -1.32. The zero-order valence-corrected chi connectivity index (χ0v) is 19.3. The van der Waals surface area contributed by atoms with Crippen LogP contribution in [0.2, 0.25) is 0 Å². The summed E-state index contributed by atoms with van der Waals surface area (Å²) in [6.07, 6.45) is -4.87. The molecule has 2 aromatic rings. The number of halogens is 1. The van der Waals surface area contributed by atoms with Crippen molar-refractivity contribution in [2.45, 2.75) is 31.5 Å². The van der Waals surface area contributed by atoms with E-state index < -0.39 is 49.6 Å². The third-order valence-electron chi connectivity index (χ3n) is 6.41. The van der Waals surface area contributed by atoms with Gasteiger partial charge in [0.1, 0.15) is 23.8 Å². The first-order chi connectivity index (χ1) is 16.8. The second kappa shape index (κ2) is 11.0. The number of carbonyl (C=O) groups excluding carboxylic acids is 1. The molecule has 2 aromatic carbocycles. The summed E-state index contributed by atoms with van der Waals surface area (Å²) >= 11 is 0. The first-order valence-electron chi connectivity index (χ1n) is 11.5. The van der Waals surface area contributed by atoms with Crippen molar-refractivity contribution in [3.63, 3.8) is 0 Å². The zero-order valence-electron chi connectivity index (χ0n) is 19.3. The highest BCUT2D eigenvalue weighted by Gasteiger charge is 2.45. The molecular weight excluding hydrogens is 461 g/mol. The summed E-state index contributed by atoms with van der Waals surface area (Å²) in [7, 11) is 0. The highest BCUT2D eigenvalue weighted by atomic mass is 19.1. The number of nitrogens with zero attached hydrogens (tertiary/aromatic N) is 1. The molecule has 0 bridgehead atoms. The second-order valence-corrected chi connectivity index (χ2v) is 8.78. The molecule has 1 amide bonds. The average Bonchev–Trinajstić information content (AvgIpc) is 2.87. The minimum absolute atomic E-state index is 0.254. The van der Waals surface area contributed by atoms with Gasteiger partial charge in [-0.2, -0.15) is 0 Å². The number of benzene rings is 2. The Bertz CT molecular complexity index is 1040. The third-order valence-corrected chi connectivity index (χ3v) is 6.41. The molecule has 1 unspecified atom stereocenters. The van der Waals surface area contributed by atoms with E-state index in [4.69, 9.17) is 14.2 Å². The molecule has 5 atom stereocenters. The standard InChI is InChI=1S/C25H30FNO8/c1-14-8-15(16-9-17(11-18(26)10-16)24(32)27-4-6-33-7-5-27)2-3-20(14)34-25-19(12-28)22(30)23(31)21(13-29)35-25/h2-3,8-11,19,21-23,25,28-31H,4-7,12-13H2,1H3/t19-,21+,22+,23+,25?/m0/s1. The highest BCUT2D eigenvalue weighted by molar-refractivity contribution is 5.95. The first-order valence-corrected chi connectivity index (χ1v) is 11.5. The molecule has 2 aliphatic rings. The van der Waals surface area contributed by atoms with Crippen LogP contribution in [0.4, 0.5) is 4.39 Å². The maximum Gasteiger partial charge on any atom is 0.254 e. The van der Waals surface area contributed by atoms with Crippen LogP contribution >= 0.6 is 0 Å². The van der Waals surface area contributed by atoms with Gasteiger partial charge in [0.25, 0.3) is 5.91 Å². The smallest absolute Gasteiger partial charge is 0.254 e. The lowest BCUT2D eigenvalue weighted by Crippen LogP contribution is -2.58. The van der Waals surface area contributed by atoms with E-state index in [2.05, 4.69) is 0 Å². The molecule has 2 saturated heterocycles. The van der Waals surface area contributed by atoms with Crippen LogP contribution in [0.5, 0.6) is 5.75 Å². The van der Waals surface area contributed by atoms with E-state index in [-0.39, 0.29) is 11.5 Å². The number of morpholine rings is 1. The Balaban J connectivity index is 1.55. The molecular formula is C25H30FNO8. The van der Waals surface area contributed by atoms with E-state index in [0.717, 1.165) is 0 Å². The van der Waals surface area contributed by atoms with Gasteiger partial charge in [-0.25, -0.2) is 4.39 Å². The van der Waals surface area contributed by atoms with E-state index in [9.17, 15) is 29.6 Å². The van der Waals surface area contributed by atoms with Crippen molar-refractivity contribution in [2.24, 2.45) is 5.92 Å². The average molecular weight is 492 g/mol. The van der Waals surface area contributed by atoms with E-state index >= 15 is 0 Å². The Kier molecular flexibility index (Phi) is 8.00. The molecule has 0 spiro atoms. The molecule has 0 radical (unpaired) electrons. The van der Waals surface area contributed by atoms with Crippen molar-refractivity contribution in [3.05, 3.63) is 53.3 Å². The Morgan fingerprint density at radius 3 is 2.46 bits per heavy atom. The predicted molar refractivity (Wildman–Crippen MR) is 122 cm³/mol. The second-order valence-electron chi connectivity index (χ2n) is 8.78. The Hall–Kier alpha value is -2.60. The lowest BCUT2D eigenvalue weighted by atomic mass is 9.91. The van der Waals surface area contributed by atoms with Gasteiger partial charge in [0.05, 0.1) is 38.4 Å². The molecule has 2 heterocycles. The molecule has 0 saturated carbocycles. The zero-order chi connectivity index (χ0) is 25.1. The van der Waals surface area contributed by atoms with Crippen LogP contribution in [-0.4, -0.2) is 95.4 Å². The van der Waals surface area contributed by atoms with Gasteiger partial charge in [-0.3, -0.25) is 4.79 Å². The quantitative estimate of drug-likeness (QED) is 0.465. The number of hydrogen-bond donors (Lipinski definition) is 4. The largest absolute Gasteiger partial charge is 0.464 e. The van der Waals surface area contributed by atoms with Crippen molar-refractivity contribution >= 4 is 5.91 Å². The first kappa shape index (κ1) is 25.5. The Morgan fingerprint density at radius 1 is 1.06 bits per heavy atom. The molecule has 190 valence electrons. The van der Waals surface area contributed by atoms with Gasteiger partial charge in [-0.15, -0.1) is 0 Å². The summed E-state index contributed by atoms with van der Waals surface area (Å²) in [5, 5.41) is 39.4. The van der Waals surface area contributed by atoms with Crippen LogP contribution in [0.1, 0.15) is 15.9 Å². The Labute approximate surface area is 202 Å². The van der Waals surface area contributed by atoms with E-state index in [1.165, 1.54) is 12.1 Å². The topological polar surface area (TPSA) is 129 Å². The monoisotopic (exact) mass is 491 g/mol. The minimum atomic E-state index is -1.36. The van der Waals surface area contributed by atoms with Crippen molar-refractivity contribution in [2.75, 3.05) is 39.5 Å². The van der Waals surface area contributed by atoms with Gasteiger partial charge < -0.3 is 39.5 Å². The summed E-state index contributed by atoms with van der Waals surface area (Å²) in [4.78, 5) is 14.5. The van der Waals surface area contributed by atoms with Crippen LogP contribution in [0, 0.1) is 18.7 Å². The molecule has 4 rings (SSSR count). The molecule has 2 aliphatic heterocycles.